The fraction of sp³-hybridized carbons (Fsp3) is 0.467. The van der Waals surface area contributed by atoms with Gasteiger partial charge in [0.2, 0.25) is 0 Å². The number of carbonyl (C=O) groups is 2. The number of hydrogen-bond donors (Lipinski definition) is 1. The van der Waals surface area contributed by atoms with E-state index in [9.17, 15) is 14.7 Å². The van der Waals surface area contributed by atoms with Crippen LogP contribution in [-0.4, -0.2) is 61.4 Å². The highest BCUT2D eigenvalue weighted by Crippen LogP contribution is 2.34. The van der Waals surface area contributed by atoms with Crippen molar-refractivity contribution >= 4 is 11.9 Å². The third kappa shape index (κ3) is 7.66. The van der Waals surface area contributed by atoms with Crippen LogP contribution in [0.3, 0.4) is 0 Å². The number of allylic oxidation sites excluding steroid dienone is 1. The molecule has 1 amide bonds. The molecule has 0 unspecified atom stereocenters. The second-order valence-electron chi connectivity index (χ2n) is 9.06. The molecule has 0 aromatic heterocycles. The smallest absolute Gasteiger partial charge is 0.344 e. The molecule has 206 valence electrons. The molecule has 1 N–H and O–H groups in total. The van der Waals surface area contributed by atoms with Crippen LogP contribution in [0.2, 0.25) is 0 Å². The number of benzene rings is 2. The fourth-order valence-corrected chi connectivity index (χ4v) is 4.43. The van der Waals surface area contributed by atoms with Gasteiger partial charge in [-0.25, -0.2) is 4.79 Å². The van der Waals surface area contributed by atoms with Crippen LogP contribution in [0.1, 0.15) is 61.0 Å². The summed E-state index contributed by atoms with van der Waals surface area (Å²) >= 11 is 0. The maximum absolute atomic E-state index is 12.8. The minimum atomic E-state index is -0.409. The number of phenols is 1. The van der Waals surface area contributed by atoms with Crippen molar-refractivity contribution in [2.24, 2.45) is 0 Å². The zero-order chi connectivity index (χ0) is 27.3. The highest BCUT2D eigenvalue weighted by molar-refractivity contribution is 5.97. The van der Waals surface area contributed by atoms with E-state index in [2.05, 4.69) is 13.5 Å². The molecule has 1 heterocycles. The first-order chi connectivity index (χ1) is 18.5. The second kappa shape index (κ2) is 14.9. The summed E-state index contributed by atoms with van der Waals surface area (Å²) in [6.45, 7) is 9.97. The van der Waals surface area contributed by atoms with Crippen LogP contribution in [0.25, 0.3) is 0 Å². The number of amides is 1. The van der Waals surface area contributed by atoms with Crippen LogP contribution < -0.4 is 14.2 Å². The van der Waals surface area contributed by atoms with E-state index in [0.717, 1.165) is 31.2 Å². The van der Waals surface area contributed by atoms with Crippen molar-refractivity contribution in [2.45, 2.75) is 52.4 Å². The highest BCUT2D eigenvalue weighted by Gasteiger charge is 2.24. The molecular weight excluding hydrogens is 486 g/mol. The van der Waals surface area contributed by atoms with Gasteiger partial charge in [0.15, 0.2) is 6.61 Å². The number of hydrogen-bond acceptors (Lipinski definition) is 7. The Morgan fingerprint density at radius 1 is 0.974 bits per heavy atom. The SMILES string of the molecule is C=CCc1c(OCCCOc2cccc(OCC(=O)OCC)c2CCC)ccc(C(=O)N2CCCC2)c1O. The summed E-state index contributed by atoms with van der Waals surface area (Å²) in [6.07, 6.45) is 6.28. The molecule has 3 rings (SSSR count). The number of rotatable bonds is 15. The lowest BCUT2D eigenvalue weighted by Gasteiger charge is -2.19. The summed E-state index contributed by atoms with van der Waals surface area (Å²) < 4.78 is 22.7. The number of likely N-dealkylation sites (tertiary alicyclic amines) is 1. The zero-order valence-electron chi connectivity index (χ0n) is 22.5. The third-order valence-corrected chi connectivity index (χ3v) is 6.26. The quantitative estimate of drug-likeness (QED) is 0.196. The predicted octanol–water partition coefficient (Wildman–Crippen LogP) is 5.10. The maximum atomic E-state index is 12.8. The van der Waals surface area contributed by atoms with Gasteiger partial charge in [0, 0.05) is 30.6 Å². The molecule has 1 aliphatic rings. The predicted molar refractivity (Wildman–Crippen MR) is 145 cm³/mol. The Bertz CT molecular complexity index is 1090. The molecule has 0 saturated carbocycles. The Morgan fingerprint density at radius 3 is 2.26 bits per heavy atom. The first kappa shape index (κ1) is 28.9. The first-order valence-electron chi connectivity index (χ1n) is 13.4. The van der Waals surface area contributed by atoms with Crippen LogP contribution in [0.5, 0.6) is 23.0 Å². The van der Waals surface area contributed by atoms with Crippen molar-refractivity contribution in [2.75, 3.05) is 39.5 Å². The summed E-state index contributed by atoms with van der Waals surface area (Å²) in [7, 11) is 0. The van der Waals surface area contributed by atoms with Gasteiger partial charge in [0.1, 0.15) is 23.0 Å². The van der Waals surface area contributed by atoms with Crippen molar-refractivity contribution in [3.63, 3.8) is 0 Å². The number of nitrogens with zero attached hydrogens (tertiary/aromatic N) is 1. The normalized spacial score (nSPS) is 12.7. The molecule has 8 heteroatoms. The standard InChI is InChI=1S/C30H39NO7/c1-4-11-22-25(13-9-14-26(22)38-21-28(32)35-6-3)36-19-10-20-37-27-16-15-24(29(33)23(27)12-5-2)30(34)31-17-7-8-18-31/h5,9,13-16,33H,2,4,6-8,10-12,17-21H2,1,3H3. The zero-order valence-corrected chi connectivity index (χ0v) is 22.5. The third-order valence-electron chi connectivity index (χ3n) is 6.26. The molecule has 2 aromatic carbocycles. The van der Waals surface area contributed by atoms with Crippen LogP contribution in [0.15, 0.2) is 43.0 Å². The minimum Gasteiger partial charge on any atom is -0.507 e. The van der Waals surface area contributed by atoms with Crippen molar-refractivity contribution in [3.05, 3.63) is 59.7 Å². The minimum absolute atomic E-state index is 0.0422. The van der Waals surface area contributed by atoms with E-state index in [-0.39, 0.29) is 18.3 Å². The molecule has 0 radical (unpaired) electrons. The molecule has 2 aromatic rings. The van der Waals surface area contributed by atoms with Crippen molar-refractivity contribution in [1.82, 2.24) is 4.90 Å². The molecule has 1 aliphatic heterocycles. The summed E-state index contributed by atoms with van der Waals surface area (Å²) in [5, 5.41) is 10.9. The second-order valence-corrected chi connectivity index (χ2v) is 9.06. The monoisotopic (exact) mass is 525 g/mol. The lowest BCUT2D eigenvalue weighted by Crippen LogP contribution is -2.27. The van der Waals surface area contributed by atoms with Crippen LogP contribution in [0.4, 0.5) is 0 Å². The number of phenolic OH excluding ortho intramolecular Hbond substituents is 1. The highest BCUT2D eigenvalue weighted by atomic mass is 16.6. The molecule has 0 bridgehead atoms. The summed E-state index contributed by atoms with van der Waals surface area (Å²) in [5.74, 6) is 1.25. The molecule has 1 fully saturated rings. The van der Waals surface area contributed by atoms with Crippen molar-refractivity contribution in [1.29, 1.82) is 0 Å². The largest absolute Gasteiger partial charge is 0.507 e. The van der Waals surface area contributed by atoms with E-state index in [1.54, 1.807) is 30.0 Å². The van der Waals surface area contributed by atoms with Gasteiger partial charge in [-0.05, 0) is 56.9 Å². The van der Waals surface area contributed by atoms with E-state index in [4.69, 9.17) is 18.9 Å². The van der Waals surface area contributed by atoms with Gasteiger partial charge in [0.05, 0.1) is 25.4 Å². The average molecular weight is 526 g/mol. The van der Waals surface area contributed by atoms with Gasteiger partial charge in [0.25, 0.3) is 5.91 Å². The van der Waals surface area contributed by atoms with Gasteiger partial charge in [-0.15, -0.1) is 6.58 Å². The number of aromatic hydroxyl groups is 1. The fourth-order valence-electron chi connectivity index (χ4n) is 4.43. The Balaban J connectivity index is 1.59. The van der Waals surface area contributed by atoms with Gasteiger partial charge in [-0.3, -0.25) is 4.79 Å². The first-order valence-corrected chi connectivity index (χ1v) is 13.4. The topological polar surface area (TPSA) is 94.5 Å². The van der Waals surface area contributed by atoms with Gasteiger partial charge >= 0.3 is 5.97 Å². The number of ether oxygens (including phenoxy) is 4. The Morgan fingerprint density at radius 2 is 1.63 bits per heavy atom. The summed E-state index contributed by atoms with van der Waals surface area (Å²) in [5.41, 5.74) is 1.77. The number of carbonyl (C=O) groups excluding carboxylic acids is 2. The molecule has 0 aliphatic carbocycles. The Hall–Kier alpha value is -3.68. The lowest BCUT2D eigenvalue weighted by atomic mass is 10.0. The van der Waals surface area contributed by atoms with Gasteiger partial charge in [-0.2, -0.15) is 0 Å². The average Bonchev–Trinajstić information content (AvgIpc) is 3.45. The summed E-state index contributed by atoms with van der Waals surface area (Å²) in [6, 6.07) is 8.92. The van der Waals surface area contributed by atoms with Crippen molar-refractivity contribution in [3.8, 4) is 23.0 Å². The molecule has 0 spiro atoms. The maximum Gasteiger partial charge on any atom is 0.344 e. The molecule has 1 saturated heterocycles. The molecule has 0 atom stereocenters. The van der Waals surface area contributed by atoms with Gasteiger partial charge in [-0.1, -0.05) is 25.5 Å². The van der Waals surface area contributed by atoms with E-state index >= 15 is 0 Å². The van der Waals surface area contributed by atoms with Crippen LogP contribution >= 0.6 is 0 Å². The van der Waals surface area contributed by atoms with Crippen molar-refractivity contribution < 1.29 is 33.6 Å². The van der Waals surface area contributed by atoms with E-state index in [0.29, 0.717) is 74.1 Å². The Labute approximate surface area is 225 Å². The van der Waals surface area contributed by atoms with Crippen LogP contribution in [0, 0.1) is 0 Å². The van der Waals surface area contributed by atoms with E-state index in [1.165, 1.54) is 0 Å². The van der Waals surface area contributed by atoms with Gasteiger partial charge < -0.3 is 29.0 Å². The molecule has 8 nitrogen and oxygen atoms in total. The molecular formula is C30H39NO7. The Kier molecular flexibility index (Phi) is 11.3. The van der Waals surface area contributed by atoms with Crippen LogP contribution in [-0.2, 0) is 22.4 Å². The van der Waals surface area contributed by atoms with E-state index < -0.39 is 5.97 Å². The number of esters is 1. The lowest BCUT2D eigenvalue weighted by molar-refractivity contribution is -0.145. The molecule has 38 heavy (non-hydrogen) atoms. The summed E-state index contributed by atoms with van der Waals surface area (Å²) in [4.78, 5) is 26.3. The van der Waals surface area contributed by atoms with E-state index in [1.807, 2.05) is 18.2 Å².